The van der Waals surface area contributed by atoms with Gasteiger partial charge in [0.05, 0.1) is 0 Å². The molecule has 0 saturated carbocycles. The summed E-state index contributed by atoms with van der Waals surface area (Å²) in [5.41, 5.74) is 7.39. The summed E-state index contributed by atoms with van der Waals surface area (Å²) in [6.07, 6.45) is 23.9. The number of hydrogen-bond donors (Lipinski definition) is 0. The number of unbranched alkanes of at least 4 members (excludes halogenated alkanes) is 1. The van der Waals surface area contributed by atoms with Crippen molar-refractivity contribution in [2.45, 2.75) is 106 Å². The van der Waals surface area contributed by atoms with E-state index in [-0.39, 0.29) is 5.57 Å². The van der Waals surface area contributed by atoms with Crippen LogP contribution in [0.2, 0.25) is 0 Å². The fraction of sp³-hybridized carbons (Fsp3) is 0.600. The molecule has 0 heterocycles. The van der Waals surface area contributed by atoms with E-state index in [1.54, 1.807) is 6.08 Å². The Morgan fingerprint density at radius 2 is 0.750 bits per heavy atom. The van der Waals surface area contributed by atoms with Gasteiger partial charge in [-0.1, -0.05) is 64.3 Å². The molecule has 0 aromatic carbocycles. The third-order valence-electron chi connectivity index (χ3n) is 5.62. The lowest BCUT2D eigenvalue weighted by Crippen LogP contribution is -1.88. The van der Waals surface area contributed by atoms with E-state index in [1.807, 2.05) is 0 Å². The number of allylic oxidation sites excluding steroid dienone is 12. The summed E-state index contributed by atoms with van der Waals surface area (Å²) in [4.78, 5) is 0. The predicted molar refractivity (Wildman–Crippen MR) is 141 cm³/mol. The molecule has 0 rings (SSSR count). The molecule has 0 aromatic heterocycles. The Bertz CT molecular complexity index is 674. The normalized spacial score (nSPS) is 13.4. The van der Waals surface area contributed by atoms with E-state index in [2.05, 4.69) is 71.9 Å². The minimum absolute atomic E-state index is 0.266. The molecular formula is C30H48F2. The van der Waals surface area contributed by atoms with Crippen molar-refractivity contribution < 1.29 is 8.78 Å². The standard InChI is InChI=1S/C30H48F2/c1-25(2)13-9-16-28(5)19-10-17-26(3)14-7-8-15-27(4)18-11-20-29(6)21-12-22-30(23-31)24-32/h13-15,19-20,22H,7-12,16-18,21,23-24H2,1-6H3/b26-14+,27-15+,28-19+,29-20+. The van der Waals surface area contributed by atoms with Crippen molar-refractivity contribution in [3.8, 4) is 0 Å². The van der Waals surface area contributed by atoms with Gasteiger partial charge in [-0.15, -0.1) is 0 Å². The van der Waals surface area contributed by atoms with Crippen LogP contribution in [0.15, 0.2) is 69.9 Å². The van der Waals surface area contributed by atoms with Gasteiger partial charge in [0.15, 0.2) is 0 Å². The van der Waals surface area contributed by atoms with Gasteiger partial charge >= 0.3 is 0 Å². The van der Waals surface area contributed by atoms with Gasteiger partial charge in [0.2, 0.25) is 0 Å². The van der Waals surface area contributed by atoms with Crippen LogP contribution in [0.5, 0.6) is 0 Å². The van der Waals surface area contributed by atoms with Gasteiger partial charge in [-0.25, -0.2) is 8.78 Å². The fourth-order valence-corrected chi connectivity index (χ4v) is 3.40. The molecule has 0 fully saturated rings. The van der Waals surface area contributed by atoms with Crippen LogP contribution in [0.4, 0.5) is 8.78 Å². The van der Waals surface area contributed by atoms with Crippen LogP contribution in [0.3, 0.4) is 0 Å². The lowest BCUT2D eigenvalue weighted by Gasteiger charge is -2.03. The van der Waals surface area contributed by atoms with Crippen LogP contribution >= 0.6 is 0 Å². The van der Waals surface area contributed by atoms with Crippen LogP contribution in [-0.2, 0) is 0 Å². The molecule has 0 atom stereocenters. The van der Waals surface area contributed by atoms with E-state index in [9.17, 15) is 8.78 Å². The number of alkyl halides is 2. The van der Waals surface area contributed by atoms with Gasteiger partial charge < -0.3 is 0 Å². The van der Waals surface area contributed by atoms with E-state index in [0.717, 1.165) is 57.8 Å². The molecule has 32 heavy (non-hydrogen) atoms. The van der Waals surface area contributed by atoms with Crippen LogP contribution in [0, 0.1) is 0 Å². The largest absolute Gasteiger partial charge is 0.246 e. The first-order valence-corrected chi connectivity index (χ1v) is 12.3. The SMILES string of the molecule is CC(C)=CCC/C(C)=C/CC/C(C)=C/CC/C=C(\C)CC/C=C(\C)CCC=C(CF)CF. The molecule has 0 aromatic rings. The Labute approximate surface area is 198 Å². The van der Waals surface area contributed by atoms with E-state index in [0.29, 0.717) is 0 Å². The van der Waals surface area contributed by atoms with E-state index >= 15 is 0 Å². The highest BCUT2D eigenvalue weighted by Crippen LogP contribution is 2.14. The van der Waals surface area contributed by atoms with E-state index in [1.165, 1.54) is 34.3 Å². The molecule has 182 valence electrons. The lowest BCUT2D eigenvalue weighted by molar-refractivity contribution is 0.473. The van der Waals surface area contributed by atoms with Crippen molar-refractivity contribution in [2.24, 2.45) is 0 Å². The molecule has 0 aliphatic carbocycles. The van der Waals surface area contributed by atoms with Crippen LogP contribution in [0.1, 0.15) is 106 Å². The zero-order chi connectivity index (χ0) is 24.2. The van der Waals surface area contributed by atoms with Crippen molar-refractivity contribution >= 4 is 0 Å². The molecule has 2 heteroatoms. The van der Waals surface area contributed by atoms with Gasteiger partial charge in [0.1, 0.15) is 13.3 Å². The van der Waals surface area contributed by atoms with E-state index in [4.69, 9.17) is 0 Å². The zero-order valence-electron chi connectivity index (χ0n) is 21.7. The molecule has 0 radical (unpaired) electrons. The second-order valence-electron chi connectivity index (χ2n) is 9.35. The lowest BCUT2D eigenvalue weighted by atomic mass is 10.0. The van der Waals surface area contributed by atoms with Gasteiger partial charge in [-0.2, -0.15) is 0 Å². The molecule has 0 nitrogen and oxygen atoms in total. The summed E-state index contributed by atoms with van der Waals surface area (Å²) in [7, 11) is 0. The minimum atomic E-state index is -0.675. The van der Waals surface area contributed by atoms with Gasteiger partial charge in [-0.3, -0.25) is 0 Å². The van der Waals surface area contributed by atoms with Crippen molar-refractivity contribution in [2.75, 3.05) is 13.3 Å². The summed E-state index contributed by atoms with van der Waals surface area (Å²) in [6, 6.07) is 0. The van der Waals surface area contributed by atoms with Crippen molar-refractivity contribution in [1.29, 1.82) is 0 Å². The smallest absolute Gasteiger partial charge is 0.113 e. The first-order chi connectivity index (χ1) is 15.3. The molecule has 0 aliphatic heterocycles. The molecule has 0 spiro atoms. The fourth-order valence-electron chi connectivity index (χ4n) is 3.40. The van der Waals surface area contributed by atoms with Gasteiger partial charge in [0.25, 0.3) is 0 Å². The second kappa shape index (κ2) is 19.9. The third-order valence-corrected chi connectivity index (χ3v) is 5.62. The third kappa shape index (κ3) is 19.0. The van der Waals surface area contributed by atoms with Gasteiger partial charge in [-0.05, 0) is 111 Å². The minimum Gasteiger partial charge on any atom is -0.246 e. The Morgan fingerprint density at radius 3 is 1.09 bits per heavy atom. The maximum atomic E-state index is 12.5. The van der Waals surface area contributed by atoms with Crippen molar-refractivity contribution in [3.05, 3.63) is 69.9 Å². The molecule has 0 bridgehead atoms. The van der Waals surface area contributed by atoms with Crippen molar-refractivity contribution in [3.63, 3.8) is 0 Å². The molecule has 0 amide bonds. The highest BCUT2D eigenvalue weighted by Gasteiger charge is 1.96. The number of halogens is 2. The first kappa shape index (κ1) is 30.3. The summed E-state index contributed by atoms with van der Waals surface area (Å²) >= 11 is 0. The second-order valence-corrected chi connectivity index (χ2v) is 9.35. The average Bonchev–Trinajstić information content (AvgIpc) is 2.74. The van der Waals surface area contributed by atoms with Crippen molar-refractivity contribution in [1.82, 2.24) is 0 Å². The first-order valence-electron chi connectivity index (χ1n) is 12.3. The summed E-state index contributed by atoms with van der Waals surface area (Å²) in [5.74, 6) is 0. The number of rotatable bonds is 17. The Morgan fingerprint density at radius 1 is 0.438 bits per heavy atom. The van der Waals surface area contributed by atoms with Crippen LogP contribution < -0.4 is 0 Å². The molecule has 0 unspecified atom stereocenters. The molecule has 0 N–H and O–H groups in total. The Hall–Kier alpha value is -1.70. The zero-order valence-corrected chi connectivity index (χ0v) is 21.7. The van der Waals surface area contributed by atoms with Crippen LogP contribution in [0.25, 0.3) is 0 Å². The van der Waals surface area contributed by atoms with Gasteiger partial charge in [0, 0.05) is 0 Å². The predicted octanol–water partition coefficient (Wildman–Crippen LogP) is 10.5. The summed E-state index contributed by atoms with van der Waals surface area (Å²) in [5, 5.41) is 0. The summed E-state index contributed by atoms with van der Waals surface area (Å²) in [6.45, 7) is 11.8. The maximum Gasteiger partial charge on any atom is 0.113 e. The molecule has 0 saturated heterocycles. The Balaban J connectivity index is 4.10. The summed E-state index contributed by atoms with van der Waals surface area (Å²) < 4.78 is 24.9. The molecule has 0 aliphatic rings. The number of hydrogen-bond acceptors (Lipinski definition) is 0. The highest BCUT2D eigenvalue weighted by molar-refractivity contribution is 5.09. The monoisotopic (exact) mass is 446 g/mol. The topological polar surface area (TPSA) is 0 Å². The molecular weight excluding hydrogens is 398 g/mol. The van der Waals surface area contributed by atoms with Crippen LogP contribution in [-0.4, -0.2) is 13.3 Å². The maximum absolute atomic E-state index is 12.5. The quantitative estimate of drug-likeness (QED) is 0.154. The average molecular weight is 447 g/mol. The Kier molecular flexibility index (Phi) is 18.9. The highest BCUT2D eigenvalue weighted by atomic mass is 19.1. The van der Waals surface area contributed by atoms with E-state index < -0.39 is 13.3 Å².